The molecular formula is C18H32IN3O2S. The molecule has 0 aliphatic rings. The van der Waals surface area contributed by atoms with E-state index in [0.717, 1.165) is 44.7 Å². The van der Waals surface area contributed by atoms with Crippen LogP contribution in [0.4, 0.5) is 0 Å². The van der Waals surface area contributed by atoms with Gasteiger partial charge in [0.15, 0.2) is 5.96 Å². The first-order chi connectivity index (χ1) is 11.7. The Morgan fingerprint density at radius 3 is 2.68 bits per heavy atom. The standard InChI is InChI=1S/C18H31N3O2S.HI/c1-4-23-17(22)11-7-5-6-8-12-20-18(19-3)21-14-15(2)16-10-9-13-24-16;/h9-10,13,15H,4-8,11-12,14H2,1-3H3,(H2,19,20,21);1H. The Labute approximate surface area is 173 Å². The van der Waals surface area contributed by atoms with E-state index in [2.05, 4.69) is 40.1 Å². The first kappa shape index (κ1) is 24.2. The van der Waals surface area contributed by atoms with Gasteiger partial charge >= 0.3 is 5.97 Å². The lowest BCUT2D eigenvalue weighted by molar-refractivity contribution is -0.143. The van der Waals surface area contributed by atoms with Gasteiger partial charge in [-0.05, 0) is 31.2 Å². The van der Waals surface area contributed by atoms with Crippen molar-refractivity contribution in [3.8, 4) is 0 Å². The lowest BCUT2D eigenvalue weighted by Crippen LogP contribution is -2.39. The maximum atomic E-state index is 11.2. The maximum Gasteiger partial charge on any atom is 0.305 e. The normalized spacial score (nSPS) is 12.2. The molecular weight excluding hydrogens is 449 g/mol. The Morgan fingerprint density at radius 2 is 2.04 bits per heavy atom. The number of ether oxygens (including phenoxy) is 1. The summed E-state index contributed by atoms with van der Waals surface area (Å²) in [6.07, 6.45) is 4.68. The highest BCUT2D eigenvalue weighted by molar-refractivity contribution is 14.0. The molecule has 0 amide bonds. The number of halogens is 1. The predicted molar refractivity (Wildman–Crippen MR) is 117 cm³/mol. The molecule has 25 heavy (non-hydrogen) atoms. The fourth-order valence-electron chi connectivity index (χ4n) is 2.33. The molecule has 144 valence electrons. The van der Waals surface area contributed by atoms with Crippen LogP contribution in [0.1, 0.15) is 56.7 Å². The molecule has 0 aliphatic carbocycles. The molecule has 0 aromatic carbocycles. The van der Waals surface area contributed by atoms with Gasteiger partial charge in [-0.1, -0.05) is 25.8 Å². The predicted octanol–water partition coefficient (Wildman–Crippen LogP) is 4.15. The summed E-state index contributed by atoms with van der Waals surface area (Å²) in [7, 11) is 1.80. The van der Waals surface area contributed by atoms with Crippen molar-refractivity contribution < 1.29 is 9.53 Å². The summed E-state index contributed by atoms with van der Waals surface area (Å²) in [5.74, 6) is 1.25. The molecule has 1 heterocycles. The Morgan fingerprint density at radius 1 is 1.28 bits per heavy atom. The van der Waals surface area contributed by atoms with Crippen LogP contribution in [-0.4, -0.2) is 38.7 Å². The van der Waals surface area contributed by atoms with Crippen molar-refractivity contribution in [2.75, 3.05) is 26.7 Å². The number of hydrogen-bond acceptors (Lipinski definition) is 4. The Kier molecular flexibility index (Phi) is 14.9. The van der Waals surface area contributed by atoms with Gasteiger partial charge in [0.05, 0.1) is 6.61 Å². The highest BCUT2D eigenvalue weighted by atomic mass is 127. The molecule has 1 unspecified atom stereocenters. The molecule has 7 heteroatoms. The highest BCUT2D eigenvalue weighted by Gasteiger charge is 2.07. The van der Waals surface area contributed by atoms with Crippen molar-refractivity contribution >= 4 is 47.2 Å². The van der Waals surface area contributed by atoms with Crippen LogP contribution in [-0.2, 0) is 9.53 Å². The minimum atomic E-state index is -0.0833. The fraction of sp³-hybridized carbons (Fsp3) is 0.667. The average Bonchev–Trinajstić information content (AvgIpc) is 3.11. The summed E-state index contributed by atoms with van der Waals surface area (Å²) in [6.45, 7) is 6.30. The minimum Gasteiger partial charge on any atom is -0.466 e. The van der Waals surface area contributed by atoms with Crippen molar-refractivity contribution in [2.45, 2.75) is 51.9 Å². The lowest BCUT2D eigenvalue weighted by atomic mass is 10.1. The van der Waals surface area contributed by atoms with Crippen LogP contribution in [0.25, 0.3) is 0 Å². The third-order valence-electron chi connectivity index (χ3n) is 3.73. The molecule has 0 aliphatic heterocycles. The SMILES string of the molecule is CCOC(=O)CCCCCCNC(=NC)NCC(C)c1cccs1.I. The summed E-state index contributed by atoms with van der Waals surface area (Å²) >= 11 is 1.79. The number of thiophene rings is 1. The van der Waals surface area contributed by atoms with Gasteiger partial charge in [-0.2, -0.15) is 0 Å². The zero-order chi connectivity index (χ0) is 17.6. The molecule has 0 saturated heterocycles. The molecule has 0 radical (unpaired) electrons. The number of carbonyl (C=O) groups excluding carboxylic acids is 1. The van der Waals surface area contributed by atoms with E-state index in [1.807, 2.05) is 6.92 Å². The molecule has 0 fully saturated rings. The van der Waals surface area contributed by atoms with E-state index >= 15 is 0 Å². The number of esters is 1. The first-order valence-corrected chi connectivity index (χ1v) is 9.68. The van der Waals surface area contributed by atoms with E-state index < -0.39 is 0 Å². The van der Waals surface area contributed by atoms with Gasteiger partial charge in [0, 0.05) is 37.4 Å². The van der Waals surface area contributed by atoms with Crippen molar-refractivity contribution in [2.24, 2.45) is 4.99 Å². The van der Waals surface area contributed by atoms with E-state index in [4.69, 9.17) is 4.74 Å². The second kappa shape index (κ2) is 15.4. The molecule has 1 atom stereocenters. The van der Waals surface area contributed by atoms with E-state index in [1.165, 1.54) is 4.88 Å². The third kappa shape index (κ3) is 11.4. The van der Waals surface area contributed by atoms with Gasteiger partial charge < -0.3 is 15.4 Å². The largest absolute Gasteiger partial charge is 0.466 e. The monoisotopic (exact) mass is 481 g/mol. The lowest BCUT2D eigenvalue weighted by Gasteiger charge is -2.15. The topological polar surface area (TPSA) is 62.7 Å². The Hall–Kier alpha value is -0.830. The fourth-order valence-corrected chi connectivity index (χ4v) is 3.12. The van der Waals surface area contributed by atoms with Gasteiger partial charge in [0.25, 0.3) is 0 Å². The highest BCUT2D eigenvalue weighted by Crippen LogP contribution is 2.19. The van der Waals surface area contributed by atoms with E-state index in [-0.39, 0.29) is 29.9 Å². The quantitative estimate of drug-likeness (QED) is 0.164. The number of carbonyl (C=O) groups is 1. The number of rotatable bonds is 11. The number of nitrogens with one attached hydrogen (secondary N) is 2. The molecule has 1 aromatic rings. The molecule has 1 rings (SSSR count). The molecule has 0 saturated carbocycles. The van der Waals surface area contributed by atoms with Crippen LogP contribution >= 0.6 is 35.3 Å². The summed E-state index contributed by atoms with van der Waals surface area (Å²) in [5.41, 5.74) is 0. The number of unbranched alkanes of at least 4 members (excludes halogenated alkanes) is 3. The Balaban J connectivity index is 0.00000576. The van der Waals surface area contributed by atoms with Gasteiger partial charge in [-0.15, -0.1) is 35.3 Å². The van der Waals surface area contributed by atoms with Gasteiger partial charge in [-0.3, -0.25) is 9.79 Å². The van der Waals surface area contributed by atoms with E-state index in [1.54, 1.807) is 18.4 Å². The van der Waals surface area contributed by atoms with Crippen LogP contribution in [0.2, 0.25) is 0 Å². The molecule has 0 spiro atoms. The van der Waals surface area contributed by atoms with E-state index in [0.29, 0.717) is 18.9 Å². The summed E-state index contributed by atoms with van der Waals surface area (Å²) in [5, 5.41) is 8.83. The van der Waals surface area contributed by atoms with Gasteiger partial charge in [0.1, 0.15) is 0 Å². The molecule has 1 aromatic heterocycles. The zero-order valence-corrected chi connectivity index (χ0v) is 18.7. The van der Waals surface area contributed by atoms with Crippen molar-refractivity contribution in [3.05, 3.63) is 22.4 Å². The van der Waals surface area contributed by atoms with E-state index in [9.17, 15) is 4.79 Å². The average molecular weight is 481 g/mol. The number of hydrogen-bond donors (Lipinski definition) is 2. The maximum absolute atomic E-state index is 11.2. The second-order valence-corrected chi connectivity index (χ2v) is 6.74. The van der Waals surface area contributed by atoms with Crippen molar-refractivity contribution in [1.82, 2.24) is 10.6 Å². The summed E-state index contributed by atoms with van der Waals surface area (Å²) in [6, 6.07) is 4.26. The number of aliphatic imine (C=N–C) groups is 1. The van der Waals surface area contributed by atoms with Crippen molar-refractivity contribution in [3.63, 3.8) is 0 Å². The van der Waals surface area contributed by atoms with Crippen LogP contribution in [0.3, 0.4) is 0 Å². The third-order valence-corrected chi connectivity index (χ3v) is 4.84. The van der Waals surface area contributed by atoms with Gasteiger partial charge in [-0.25, -0.2) is 0 Å². The summed E-state index contributed by atoms with van der Waals surface area (Å²) < 4.78 is 4.91. The first-order valence-electron chi connectivity index (χ1n) is 8.80. The summed E-state index contributed by atoms with van der Waals surface area (Å²) in [4.78, 5) is 16.9. The number of guanidine groups is 1. The number of nitrogens with zero attached hydrogens (tertiary/aromatic N) is 1. The van der Waals surface area contributed by atoms with Crippen molar-refractivity contribution in [1.29, 1.82) is 0 Å². The minimum absolute atomic E-state index is 0. The molecule has 0 bridgehead atoms. The van der Waals surface area contributed by atoms with Gasteiger partial charge in [0.2, 0.25) is 0 Å². The second-order valence-electron chi connectivity index (χ2n) is 5.77. The van der Waals surface area contributed by atoms with Crippen LogP contribution < -0.4 is 10.6 Å². The van der Waals surface area contributed by atoms with Crippen LogP contribution in [0, 0.1) is 0 Å². The Bertz CT molecular complexity index is 481. The van der Waals surface area contributed by atoms with Crippen LogP contribution in [0.5, 0.6) is 0 Å². The zero-order valence-electron chi connectivity index (χ0n) is 15.5. The molecule has 5 nitrogen and oxygen atoms in total. The van der Waals surface area contributed by atoms with Crippen LogP contribution in [0.15, 0.2) is 22.5 Å². The molecule has 2 N–H and O–H groups in total. The smallest absolute Gasteiger partial charge is 0.305 e.